The Balaban J connectivity index is 1.20. The van der Waals surface area contributed by atoms with Crippen molar-refractivity contribution >= 4 is 5.97 Å². The Morgan fingerprint density at radius 1 is 0.875 bits per heavy atom. The van der Waals surface area contributed by atoms with Crippen molar-refractivity contribution in [1.82, 2.24) is 0 Å². The first-order chi connectivity index (χ1) is 15.5. The van der Waals surface area contributed by atoms with Crippen molar-refractivity contribution in [2.45, 2.75) is 108 Å². The number of ether oxygens (including phenoxy) is 1. The number of nitrogens with two attached hydrogens (primary N) is 2. The van der Waals surface area contributed by atoms with Crippen LogP contribution < -0.4 is 16.2 Å². The molecule has 4 N–H and O–H groups in total. The number of hydrogen-bond acceptors (Lipinski definition) is 4. The van der Waals surface area contributed by atoms with E-state index in [0.29, 0.717) is 23.8 Å². The zero-order valence-electron chi connectivity index (χ0n) is 20.0. The number of carbonyl (C=O) groups is 1. The van der Waals surface area contributed by atoms with Gasteiger partial charge in [0.1, 0.15) is 5.75 Å². The molecule has 0 saturated heterocycles. The number of rotatable bonds is 6. The maximum Gasteiger partial charge on any atom is 0.314 e. The highest BCUT2D eigenvalue weighted by Crippen LogP contribution is 2.42. The van der Waals surface area contributed by atoms with Crippen LogP contribution in [0.1, 0.15) is 102 Å². The summed E-state index contributed by atoms with van der Waals surface area (Å²) < 4.78 is 5.77. The smallest absolute Gasteiger partial charge is 0.314 e. The van der Waals surface area contributed by atoms with E-state index in [1.54, 1.807) is 0 Å². The number of carbonyl (C=O) groups excluding carboxylic acids is 1. The second-order valence-corrected chi connectivity index (χ2v) is 11.0. The van der Waals surface area contributed by atoms with E-state index in [1.807, 2.05) is 12.1 Å². The van der Waals surface area contributed by atoms with Crippen molar-refractivity contribution in [3.05, 3.63) is 29.8 Å². The summed E-state index contributed by atoms with van der Waals surface area (Å²) in [5.74, 6) is 3.69. The summed E-state index contributed by atoms with van der Waals surface area (Å²) >= 11 is 0. The van der Waals surface area contributed by atoms with Crippen LogP contribution in [0.4, 0.5) is 0 Å². The minimum atomic E-state index is -0.0301. The van der Waals surface area contributed by atoms with E-state index < -0.39 is 0 Å². The minimum absolute atomic E-state index is 0.0301. The summed E-state index contributed by atoms with van der Waals surface area (Å²) in [7, 11) is 0. The topological polar surface area (TPSA) is 78.3 Å². The molecule has 4 nitrogen and oxygen atoms in total. The fourth-order valence-electron chi connectivity index (χ4n) is 6.66. The molecular weight excluding hydrogens is 396 g/mol. The van der Waals surface area contributed by atoms with E-state index in [0.717, 1.165) is 62.7 Å². The van der Waals surface area contributed by atoms with E-state index >= 15 is 0 Å². The zero-order valence-corrected chi connectivity index (χ0v) is 20.0. The van der Waals surface area contributed by atoms with E-state index in [1.165, 1.54) is 44.1 Å². The highest BCUT2D eigenvalue weighted by atomic mass is 16.5. The van der Waals surface area contributed by atoms with Gasteiger partial charge >= 0.3 is 5.97 Å². The molecule has 0 amide bonds. The lowest BCUT2D eigenvalue weighted by atomic mass is 9.68. The second kappa shape index (κ2) is 11.2. The van der Waals surface area contributed by atoms with Crippen molar-refractivity contribution in [1.29, 1.82) is 0 Å². The molecule has 0 spiro atoms. The third kappa shape index (κ3) is 5.94. The summed E-state index contributed by atoms with van der Waals surface area (Å²) in [4.78, 5) is 12.8. The van der Waals surface area contributed by atoms with Crippen LogP contribution in [-0.4, -0.2) is 18.1 Å². The first-order valence-electron chi connectivity index (χ1n) is 13.4. The Labute approximate surface area is 194 Å². The van der Waals surface area contributed by atoms with Crippen LogP contribution >= 0.6 is 0 Å². The van der Waals surface area contributed by atoms with Gasteiger partial charge in [-0.1, -0.05) is 19.1 Å². The van der Waals surface area contributed by atoms with Crippen molar-refractivity contribution in [3.63, 3.8) is 0 Å². The molecule has 3 saturated carbocycles. The van der Waals surface area contributed by atoms with Crippen LogP contribution in [0.5, 0.6) is 5.75 Å². The van der Waals surface area contributed by atoms with Gasteiger partial charge < -0.3 is 16.2 Å². The van der Waals surface area contributed by atoms with Crippen molar-refractivity contribution < 1.29 is 9.53 Å². The first-order valence-corrected chi connectivity index (χ1v) is 13.4. The molecule has 0 heterocycles. The van der Waals surface area contributed by atoms with Gasteiger partial charge in [0.15, 0.2) is 0 Å². The van der Waals surface area contributed by atoms with Crippen molar-refractivity contribution in [3.8, 4) is 5.75 Å². The van der Waals surface area contributed by atoms with Gasteiger partial charge in [0.05, 0.1) is 5.92 Å². The molecule has 3 aliphatic rings. The lowest BCUT2D eigenvalue weighted by Gasteiger charge is -2.38. The van der Waals surface area contributed by atoms with Crippen LogP contribution in [0.2, 0.25) is 0 Å². The summed E-state index contributed by atoms with van der Waals surface area (Å²) in [6.45, 7) is 2.21. The molecule has 178 valence electrons. The number of esters is 1. The average Bonchev–Trinajstić information content (AvgIpc) is 2.85. The zero-order chi connectivity index (χ0) is 22.5. The Morgan fingerprint density at radius 3 is 2.00 bits per heavy atom. The summed E-state index contributed by atoms with van der Waals surface area (Å²) in [5, 5.41) is 0. The quantitative estimate of drug-likeness (QED) is 0.425. The minimum Gasteiger partial charge on any atom is -0.426 e. The van der Waals surface area contributed by atoms with E-state index in [9.17, 15) is 4.79 Å². The Kier molecular flexibility index (Phi) is 8.28. The van der Waals surface area contributed by atoms with Gasteiger partial charge in [-0.2, -0.15) is 0 Å². The van der Waals surface area contributed by atoms with Gasteiger partial charge in [0.2, 0.25) is 0 Å². The van der Waals surface area contributed by atoms with Gasteiger partial charge in [-0.25, -0.2) is 0 Å². The van der Waals surface area contributed by atoms with Crippen molar-refractivity contribution in [2.75, 3.05) is 0 Å². The average molecular weight is 441 g/mol. The van der Waals surface area contributed by atoms with Gasteiger partial charge in [-0.15, -0.1) is 0 Å². The normalized spacial score (nSPS) is 34.6. The molecule has 1 unspecified atom stereocenters. The van der Waals surface area contributed by atoms with E-state index in [2.05, 4.69) is 19.1 Å². The van der Waals surface area contributed by atoms with Gasteiger partial charge in [-0.3, -0.25) is 4.79 Å². The molecule has 1 aromatic carbocycles. The molecule has 0 aliphatic heterocycles. The molecule has 3 fully saturated rings. The lowest BCUT2D eigenvalue weighted by Crippen LogP contribution is -2.35. The van der Waals surface area contributed by atoms with Crippen LogP contribution in [0, 0.1) is 23.7 Å². The molecule has 1 atom stereocenters. The second-order valence-electron chi connectivity index (χ2n) is 11.0. The van der Waals surface area contributed by atoms with Crippen LogP contribution in [0.3, 0.4) is 0 Å². The van der Waals surface area contributed by atoms with E-state index in [4.69, 9.17) is 16.2 Å². The highest BCUT2D eigenvalue weighted by Gasteiger charge is 2.34. The predicted octanol–water partition coefficient (Wildman–Crippen LogP) is 5.93. The van der Waals surface area contributed by atoms with Crippen LogP contribution in [-0.2, 0) is 4.79 Å². The molecule has 0 aromatic heterocycles. The first kappa shape index (κ1) is 23.8. The van der Waals surface area contributed by atoms with Crippen molar-refractivity contribution in [2.24, 2.45) is 35.1 Å². The number of hydrogen-bond donors (Lipinski definition) is 2. The summed E-state index contributed by atoms with van der Waals surface area (Å²) in [6, 6.07) is 9.00. The molecule has 4 heteroatoms. The molecule has 32 heavy (non-hydrogen) atoms. The molecule has 0 bridgehead atoms. The molecular formula is C28H44N2O2. The van der Waals surface area contributed by atoms with Gasteiger partial charge in [0, 0.05) is 12.1 Å². The third-order valence-corrected chi connectivity index (χ3v) is 9.01. The number of benzene rings is 1. The predicted molar refractivity (Wildman–Crippen MR) is 130 cm³/mol. The molecule has 4 rings (SSSR count). The summed E-state index contributed by atoms with van der Waals surface area (Å²) in [6.07, 6.45) is 15.2. The highest BCUT2D eigenvalue weighted by molar-refractivity contribution is 5.75. The Bertz CT molecular complexity index is 709. The van der Waals surface area contributed by atoms with E-state index in [-0.39, 0.29) is 11.9 Å². The molecule has 3 aliphatic carbocycles. The third-order valence-electron chi connectivity index (χ3n) is 9.01. The fourth-order valence-corrected chi connectivity index (χ4v) is 6.66. The Morgan fingerprint density at radius 2 is 1.44 bits per heavy atom. The van der Waals surface area contributed by atoms with Gasteiger partial charge in [-0.05, 0) is 125 Å². The fraction of sp³-hybridized carbons (Fsp3) is 0.750. The monoisotopic (exact) mass is 440 g/mol. The molecule has 0 radical (unpaired) electrons. The standard InChI is InChI=1S/C28H44N2O2/c1-2-27(30)23-7-3-19(4-8-23)20-5-9-24(10-6-20)28(31)32-26-17-13-22(14-18-26)21-11-15-25(29)16-12-21/h13-14,17-21,23-25,27H,2-12,15-16,29-30H2,1H3. The largest absolute Gasteiger partial charge is 0.426 e. The maximum absolute atomic E-state index is 12.8. The Hall–Kier alpha value is -1.39. The maximum atomic E-state index is 12.8. The molecule has 1 aromatic rings. The summed E-state index contributed by atoms with van der Waals surface area (Å²) in [5.41, 5.74) is 13.7. The van der Waals surface area contributed by atoms with Crippen LogP contribution in [0.25, 0.3) is 0 Å². The lowest BCUT2D eigenvalue weighted by molar-refractivity contribution is -0.140. The van der Waals surface area contributed by atoms with Crippen LogP contribution in [0.15, 0.2) is 24.3 Å². The van der Waals surface area contributed by atoms with Gasteiger partial charge in [0.25, 0.3) is 0 Å². The SMILES string of the molecule is CCC(N)C1CCC(C2CCC(C(=O)Oc3ccc(C4CCC(N)CC4)cc3)CC2)CC1.